The summed E-state index contributed by atoms with van der Waals surface area (Å²) >= 11 is 12.0. The van der Waals surface area contributed by atoms with E-state index in [1.165, 1.54) is 0 Å². The summed E-state index contributed by atoms with van der Waals surface area (Å²) in [5, 5.41) is 0.787. The van der Waals surface area contributed by atoms with Crippen molar-refractivity contribution in [3.63, 3.8) is 0 Å². The first-order valence-corrected chi connectivity index (χ1v) is 7.64. The summed E-state index contributed by atoms with van der Waals surface area (Å²) in [5.41, 5.74) is 2.60. The molecule has 1 aliphatic rings. The predicted octanol–water partition coefficient (Wildman–Crippen LogP) is 4.54. The van der Waals surface area contributed by atoms with Crippen molar-refractivity contribution in [1.82, 2.24) is 0 Å². The minimum absolute atomic E-state index is 0.0567. The minimum Gasteiger partial charge on any atom is -0.307 e. The van der Waals surface area contributed by atoms with Crippen LogP contribution in [-0.4, -0.2) is 18.2 Å². The quantitative estimate of drug-likeness (QED) is 0.768. The highest BCUT2D eigenvalue weighted by Gasteiger charge is 2.28. The highest BCUT2D eigenvalue weighted by atomic mass is 35.5. The number of hydrogen-bond acceptors (Lipinski definition) is 2. The van der Waals surface area contributed by atoms with Crippen LogP contribution in [0.5, 0.6) is 0 Å². The molecule has 3 nitrogen and oxygen atoms in total. The summed E-state index contributed by atoms with van der Waals surface area (Å²) in [5.74, 6) is -0.165. The minimum atomic E-state index is -0.221. The molecule has 5 heteroatoms. The van der Waals surface area contributed by atoms with Gasteiger partial charge in [-0.2, -0.15) is 0 Å². The molecule has 0 N–H and O–H groups in total. The van der Waals surface area contributed by atoms with Crippen LogP contribution in [0.15, 0.2) is 36.4 Å². The molecule has 0 aliphatic carbocycles. The van der Waals surface area contributed by atoms with Gasteiger partial charge in [-0.3, -0.25) is 9.59 Å². The van der Waals surface area contributed by atoms with Crippen molar-refractivity contribution in [3.05, 3.63) is 63.1 Å². The van der Waals surface area contributed by atoms with Gasteiger partial charge in [-0.25, -0.2) is 0 Å². The topological polar surface area (TPSA) is 37.4 Å². The average molecular weight is 334 g/mol. The number of carbonyl (C=O) groups excluding carboxylic acids is 2. The zero-order valence-electron chi connectivity index (χ0n) is 11.9. The number of Topliss-reactive ketones (excluding diaryl/α,β-unsaturated/α-hetero) is 1. The Balaban J connectivity index is 2.06. The molecule has 3 rings (SSSR count). The third-order valence-corrected chi connectivity index (χ3v) is 4.26. The van der Waals surface area contributed by atoms with Gasteiger partial charge in [0, 0.05) is 23.6 Å². The molecule has 0 saturated heterocycles. The molecular weight excluding hydrogens is 321 g/mol. The van der Waals surface area contributed by atoms with Gasteiger partial charge in [0.05, 0.1) is 16.3 Å². The van der Waals surface area contributed by atoms with E-state index in [0.717, 1.165) is 5.56 Å². The summed E-state index contributed by atoms with van der Waals surface area (Å²) < 4.78 is 0. The standard InChI is InChI=1S/C17H13Cl2NO2/c1-10-2-4-13-15(8-10)20(7-6-16(13)21)17(22)12-5-3-11(18)9-14(12)19/h2-5,8-9H,6-7H2,1H3. The molecule has 1 aliphatic heterocycles. The molecular formula is C17H13Cl2NO2. The van der Waals surface area contributed by atoms with E-state index in [1.807, 2.05) is 19.1 Å². The monoisotopic (exact) mass is 333 g/mol. The van der Waals surface area contributed by atoms with Crippen LogP contribution in [0.3, 0.4) is 0 Å². The van der Waals surface area contributed by atoms with Crippen molar-refractivity contribution in [3.8, 4) is 0 Å². The third-order valence-electron chi connectivity index (χ3n) is 3.71. The summed E-state index contributed by atoms with van der Waals surface area (Å²) in [6.07, 6.45) is 0.313. The van der Waals surface area contributed by atoms with Gasteiger partial charge < -0.3 is 4.90 Å². The lowest BCUT2D eigenvalue weighted by Crippen LogP contribution is -2.37. The van der Waals surface area contributed by atoms with E-state index in [2.05, 4.69) is 0 Å². The Kier molecular flexibility index (Phi) is 3.94. The Hall–Kier alpha value is -1.84. The van der Waals surface area contributed by atoms with Crippen LogP contribution >= 0.6 is 23.2 Å². The number of fused-ring (bicyclic) bond motifs is 1. The van der Waals surface area contributed by atoms with Crippen molar-refractivity contribution in [1.29, 1.82) is 0 Å². The van der Waals surface area contributed by atoms with Crippen LogP contribution in [0.2, 0.25) is 10.0 Å². The van der Waals surface area contributed by atoms with Gasteiger partial charge in [0.25, 0.3) is 5.91 Å². The number of ketones is 1. The molecule has 112 valence electrons. The second kappa shape index (κ2) is 5.75. The van der Waals surface area contributed by atoms with Crippen molar-refractivity contribution in [2.24, 2.45) is 0 Å². The zero-order chi connectivity index (χ0) is 15.9. The third kappa shape index (κ3) is 2.62. The normalized spacial score (nSPS) is 14.0. The second-order valence-corrected chi connectivity index (χ2v) is 6.12. The Labute approximate surface area is 138 Å². The maximum absolute atomic E-state index is 12.8. The Morgan fingerprint density at radius 3 is 2.64 bits per heavy atom. The highest BCUT2D eigenvalue weighted by Crippen LogP contribution is 2.31. The summed E-state index contributed by atoms with van der Waals surface area (Å²) in [6, 6.07) is 10.3. The first-order chi connectivity index (χ1) is 10.5. The van der Waals surface area contributed by atoms with E-state index in [9.17, 15) is 9.59 Å². The summed E-state index contributed by atoms with van der Waals surface area (Å²) in [4.78, 5) is 26.4. The van der Waals surface area contributed by atoms with Crippen molar-refractivity contribution < 1.29 is 9.59 Å². The Morgan fingerprint density at radius 2 is 1.91 bits per heavy atom. The predicted molar refractivity (Wildman–Crippen MR) is 88.3 cm³/mol. The maximum atomic E-state index is 12.8. The summed E-state index contributed by atoms with van der Waals surface area (Å²) in [6.45, 7) is 2.28. The number of aryl methyl sites for hydroxylation is 1. The van der Waals surface area contributed by atoms with Crippen molar-refractivity contribution in [2.75, 3.05) is 11.4 Å². The number of amides is 1. The van der Waals surface area contributed by atoms with E-state index >= 15 is 0 Å². The molecule has 0 atom stereocenters. The SMILES string of the molecule is Cc1ccc2c(c1)N(C(=O)c1ccc(Cl)cc1Cl)CCC2=O. The number of anilines is 1. The van der Waals surface area contributed by atoms with Crippen molar-refractivity contribution >= 4 is 40.6 Å². The van der Waals surface area contributed by atoms with Crippen LogP contribution in [0, 0.1) is 6.92 Å². The zero-order valence-corrected chi connectivity index (χ0v) is 13.4. The van der Waals surface area contributed by atoms with Gasteiger partial charge in [0.15, 0.2) is 5.78 Å². The maximum Gasteiger partial charge on any atom is 0.259 e. The van der Waals surface area contributed by atoms with E-state index in [0.29, 0.717) is 39.8 Å². The van der Waals surface area contributed by atoms with Gasteiger partial charge >= 0.3 is 0 Å². The number of hydrogen-bond donors (Lipinski definition) is 0. The van der Waals surface area contributed by atoms with Crippen LogP contribution in [0.1, 0.15) is 32.7 Å². The van der Waals surface area contributed by atoms with Gasteiger partial charge in [-0.15, -0.1) is 0 Å². The van der Waals surface area contributed by atoms with E-state index in [1.54, 1.807) is 29.2 Å². The van der Waals surface area contributed by atoms with Gasteiger partial charge in [-0.05, 0) is 42.8 Å². The molecule has 0 unspecified atom stereocenters. The number of benzene rings is 2. The fourth-order valence-electron chi connectivity index (χ4n) is 2.59. The molecule has 0 fully saturated rings. The van der Waals surface area contributed by atoms with E-state index in [4.69, 9.17) is 23.2 Å². The Morgan fingerprint density at radius 1 is 1.14 bits per heavy atom. The van der Waals surface area contributed by atoms with E-state index < -0.39 is 0 Å². The number of halogens is 2. The molecule has 0 saturated carbocycles. The lowest BCUT2D eigenvalue weighted by molar-refractivity contribution is 0.0955. The number of carbonyl (C=O) groups is 2. The molecule has 1 amide bonds. The average Bonchev–Trinajstić information content (AvgIpc) is 2.47. The molecule has 0 radical (unpaired) electrons. The fourth-order valence-corrected chi connectivity index (χ4v) is 3.08. The van der Waals surface area contributed by atoms with E-state index in [-0.39, 0.29) is 11.7 Å². The Bertz CT molecular complexity index is 786. The lowest BCUT2D eigenvalue weighted by Gasteiger charge is -2.29. The number of rotatable bonds is 1. The van der Waals surface area contributed by atoms with Crippen molar-refractivity contribution in [2.45, 2.75) is 13.3 Å². The largest absolute Gasteiger partial charge is 0.307 e. The summed E-state index contributed by atoms with van der Waals surface area (Å²) in [7, 11) is 0. The highest BCUT2D eigenvalue weighted by molar-refractivity contribution is 6.37. The molecule has 1 heterocycles. The molecule has 0 spiro atoms. The van der Waals surface area contributed by atoms with Crippen LogP contribution in [-0.2, 0) is 0 Å². The molecule has 2 aromatic carbocycles. The molecule has 0 bridgehead atoms. The smallest absolute Gasteiger partial charge is 0.259 e. The second-order valence-electron chi connectivity index (χ2n) is 5.27. The molecule has 2 aromatic rings. The van der Waals surface area contributed by atoms with Crippen LogP contribution in [0.25, 0.3) is 0 Å². The van der Waals surface area contributed by atoms with Gasteiger partial charge in [-0.1, -0.05) is 29.3 Å². The first-order valence-electron chi connectivity index (χ1n) is 6.88. The first kappa shape index (κ1) is 15.1. The lowest BCUT2D eigenvalue weighted by atomic mass is 9.98. The fraction of sp³-hybridized carbons (Fsp3) is 0.176. The number of nitrogens with zero attached hydrogens (tertiary/aromatic N) is 1. The molecule has 0 aromatic heterocycles. The van der Waals surface area contributed by atoms with Gasteiger partial charge in [0.1, 0.15) is 0 Å². The van der Waals surface area contributed by atoms with Crippen LogP contribution in [0.4, 0.5) is 5.69 Å². The van der Waals surface area contributed by atoms with Gasteiger partial charge in [0.2, 0.25) is 0 Å². The molecule has 22 heavy (non-hydrogen) atoms. The van der Waals surface area contributed by atoms with Crippen LogP contribution < -0.4 is 4.90 Å².